The van der Waals surface area contributed by atoms with Crippen LogP contribution in [0.4, 0.5) is 5.69 Å². The van der Waals surface area contributed by atoms with Crippen LogP contribution in [-0.2, 0) is 31.3 Å². The van der Waals surface area contributed by atoms with Gasteiger partial charge in [-0.25, -0.2) is 18.4 Å². The zero-order valence-corrected chi connectivity index (χ0v) is 21.7. The van der Waals surface area contributed by atoms with Crippen LogP contribution < -0.4 is 9.64 Å². The molecular formula is C23H26ClN5O6S. The van der Waals surface area contributed by atoms with Crippen LogP contribution in [0.5, 0.6) is 5.75 Å². The standard InChI is InChI=1S/C23H26ClN5O6S/c1-4-36(33,34)16-6-8-19-18(12-16)27(22(32)14-35-19)13-21(31)29-11-5-10-28(29)20(30)9-7-17-15(2)25-26(3)23(17)24/h6-9,12H,4-5,10-11,13-14H2,1-3H3/b9-7+. The number of fused-ring (bicyclic) bond motifs is 1. The van der Waals surface area contributed by atoms with Crippen LogP contribution in [0.1, 0.15) is 24.6 Å². The molecule has 0 aliphatic carbocycles. The fourth-order valence-electron chi connectivity index (χ4n) is 4.11. The van der Waals surface area contributed by atoms with Crippen molar-refractivity contribution in [3.05, 3.63) is 40.7 Å². The maximum atomic E-state index is 13.2. The molecule has 1 aromatic carbocycles. The van der Waals surface area contributed by atoms with E-state index in [1.165, 1.54) is 50.8 Å². The summed E-state index contributed by atoms with van der Waals surface area (Å²) in [7, 11) is -1.84. The number of hydrogen-bond acceptors (Lipinski definition) is 7. The largest absolute Gasteiger partial charge is 0.482 e. The Labute approximate surface area is 213 Å². The molecule has 3 heterocycles. The number of sulfone groups is 1. The van der Waals surface area contributed by atoms with Gasteiger partial charge in [-0.1, -0.05) is 18.5 Å². The minimum absolute atomic E-state index is 0.0342. The molecule has 2 aromatic rings. The van der Waals surface area contributed by atoms with Crippen LogP contribution in [0, 0.1) is 6.92 Å². The van der Waals surface area contributed by atoms with Crippen LogP contribution in [0.25, 0.3) is 6.08 Å². The van der Waals surface area contributed by atoms with E-state index < -0.39 is 27.6 Å². The van der Waals surface area contributed by atoms with Crippen molar-refractivity contribution < 1.29 is 27.5 Å². The van der Waals surface area contributed by atoms with Gasteiger partial charge < -0.3 is 4.74 Å². The van der Waals surface area contributed by atoms with Crippen molar-refractivity contribution in [3.8, 4) is 5.75 Å². The third kappa shape index (κ3) is 4.82. The molecule has 0 unspecified atom stereocenters. The zero-order chi connectivity index (χ0) is 26.2. The summed E-state index contributed by atoms with van der Waals surface area (Å²) >= 11 is 6.22. The van der Waals surface area contributed by atoms with E-state index in [4.69, 9.17) is 16.3 Å². The van der Waals surface area contributed by atoms with Gasteiger partial charge in [0.25, 0.3) is 17.7 Å². The van der Waals surface area contributed by atoms with Gasteiger partial charge in [-0.15, -0.1) is 0 Å². The summed E-state index contributed by atoms with van der Waals surface area (Å²) in [6.07, 6.45) is 3.47. The summed E-state index contributed by atoms with van der Waals surface area (Å²) in [5.74, 6) is -1.18. The number of hydrogen-bond donors (Lipinski definition) is 0. The molecule has 0 atom stereocenters. The van der Waals surface area contributed by atoms with Gasteiger partial charge in [0.1, 0.15) is 17.4 Å². The first-order chi connectivity index (χ1) is 17.0. The molecule has 1 fully saturated rings. The SMILES string of the molecule is CCS(=O)(=O)c1ccc2c(c1)N(CC(=O)N1CCCN1C(=O)/C=C/c1c(C)nn(C)c1Cl)C(=O)CO2. The van der Waals surface area contributed by atoms with Crippen molar-refractivity contribution in [2.24, 2.45) is 7.05 Å². The van der Waals surface area contributed by atoms with Crippen LogP contribution >= 0.6 is 11.6 Å². The van der Waals surface area contributed by atoms with E-state index in [0.717, 1.165) is 0 Å². The number of carbonyl (C=O) groups is 3. The highest BCUT2D eigenvalue weighted by Crippen LogP contribution is 2.34. The molecule has 1 aromatic heterocycles. The van der Waals surface area contributed by atoms with Gasteiger partial charge in [-0.05, 0) is 37.6 Å². The number of rotatable bonds is 6. The molecule has 36 heavy (non-hydrogen) atoms. The Balaban J connectivity index is 1.54. The molecule has 11 nitrogen and oxygen atoms in total. The zero-order valence-electron chi connectivity index (χ0n) is 20.1. The highest BCUT2D eigenvalue weighted by atomic mass is 35.5. The van der Waals surface area contributed by atoms with E-state index >= 15 is 0 Å². The lowest BCUT2D eigenvalue weighted by molar-refractivity contribution is -0.154. The van der Waals surface area contributed by atoms with E-state index in [9.17, 15) is 22.8 Å². The monoisotopic (exact) mass is 535 g/mol. The second-order valence-corrected chi connectivity index (χ2v) is 11.0. The van der Waals surface area contributed by atoms with Crippen LogP contribution in [0.3, 0.4) is 0 Å². The molecule has 192 valence electrons. The topological polar surface area (TPSA) is 122 Å². The molecule has 0 spiro atoms. The van der Waals surface area contributed by atoms with E-state index in [1.54, 1.807) is 20.0 Å². The van der Waals surface area contributed by atoms with Crippen molar-refractivity contribution in [2.45, 2.75) is 25.2 Å². The maximum absolute atomic E-state index is 13.2. The van der Waals surface area contributed by atoms with E-state index in [0.29, 0.717) is 41.7 Å². The first-order valence-electron chi connectivity index (χ1n) is 11.3. The van der Waals surface area contributed by atoms with Crippen molar-refractivity contribution >= 4 is 50.9 Å². The Hall–Kier alpha value is -3.38. The molecule has 2 aliphatic rings. The van der Waals surface area contributed by atoms with Gasteiger partial charge in [-0.2, -0.15) is 5.10 Å². The average Bonchev–Trinajstić information content (AvgIpc) is 3.44. The summed E-state index contributed by atoms with van der Waals surface area (Å²) in [5.41, 5.74) is 1.47. The van der Waals surface area contributed by atoms with Crippen molar-refractivity contribution in [3.63, 3.8) is 0 Å². The highest BCUT2D eigenvalue weighted by Gasteiger charge is 2.34. The third-order valence-electron chi connectivity index (χ3n) is 6.07. The number of carbonyl (C=O) groups excluding carboxylic acids is 3. The van der Waals surface area contributed by atoms with Crippen LogP contribution in [-0.4, -0.2) is 77.9 Å². The van der Waals surface area contributed by atoms with E-state index in [1.807, 2.05) is 0 Å². The van der Waals surface area contributed by atoms with Gasteiger partial charge in [0.05, 0.1) is 22.0 Å². The lowest BCUT2D eigenvalue weighted by Gasteiger charge is -2.32. The van der Waals surface area contributed by atoms with Crippen molar-refractivity contribution in [2.75, 3.05) is 36.9 Å². The van der Waals surface area contributed by atoms with Crippen molar-refractivity contribution in [1.29, 1.82) is 0 Å². The van der Waals surface area contributed by atoms with Gasteiger partial charge >= 0.3 is 0 Å². The Bertz CT molecular complexity index is 1370. The molecule has 0 N–H and O–H groups in total. The lowest BCUT2D eigenvalue weighted by atomic mass is 10.2. The van der Waals surface area contributed by atoms with Crippen LogP contribution in [0.2, 0.25) is 5.15 Å². The van der Waals surface area contributed by atoms with Crippen molar-refractivity contribution in [1.82, 2.24) is 19.8 Å². The first kappa shape index (κ1) is 25.7. The Morgan fingerprint density at radius 3 is 2.61 bits per heavy atom. The van der Waals surface area contributed by atoms with Gasteiger partial charge in [0.2, 0.25) is 0 Å². The molecule has 3 amide bonds. The number of amides is 3. The number of aromatic nitrogens is 2. The molecule has 1 saturated heterocycles. The van der Waals surface area contributed by atoms with Gasteiger partial charge in [0.15, 0.2) is 16.4 Å². The minimum atomic E-state index is -3.54. The third-order valence-corrected chi connectivity index (χ3v) is 8.25. The second-order valence-electron chi connectivity index (χ2n) is 8.38. The summed E-state index contributed by atoms with van der Waals surface area (Å²) < 4.78 is 31.6. The number of aryl methyl sites for hydroxylation is 2. The quantitative estimate of drug-likeness (QED) is 0.515. The summed E-state index contributed by atoms with van der Waals surface area (Å²) in [6, 6.07) is 4.23. The van der Waals surface area contributed by atoms with Crippen LogP contribution in [0.15, 0.2) is 29.2 Å². The Kier molecular flexibility index (Phi) is 7.10. The Morgan fingerprint density at radius 1 is 1.22 bits per heavy atom. The number of hydrazine groups is 1. The molecule has 0 radical (unpaired) electrons. The van der Waals surface area contributed by atoms with Gasteiger partial charge in [0, 0.05) is 31.8 Å². The Morgan fingerprint density at radius 2 is 1.94 bits per heavy atom. The fourth-order valence-corrected chi connectivity index (χ4v) is 5.25. The van der Waals surface area contributed by atoms with E-state index in [-0.39, 0.29) is 29.5 Å². The molecule has 0 saturated carbocycles. The molecule has 2 aliphatic heterocycles. The predicted octanol–water partition coefficient (Wildman–Crippen LogP) is 1.59. The summed E-state index contributed by atoms with van der Waals surface area (Å²) in [4.78, 5) is 40.0. The minimum Gasteiger partial charge on any atom is -0.482 e. The second kappa shape index (κ2) is 9.94. The lowest BCUT2D eigenvalue weighted by Crippen LogP contribution is -2.50. The number of ether oxygens (including phenoxy) is 1. The highest BCUT2D eigenvalue weighted by molar-refractivity contribution is 7.91. The normalized spacial score (nSPS) is 16.0. The van der Waals surface area contributed by atoms with E-state index in [2.05, 4.69) is 5.10 Å². The smallest absolute Gasteiger partial charge is 0.265 e. The average molecular weight is 536 g/mol. The molecular weight excluding hydrogens is 510 g/mol. The molecule has 4 rings (SSSR count). The predicted molar refractivity (Wildman–Crippen MR) is 132 cm³/mol. The number of benzene rings is 1. The van der Waals surface area contributed by atoms with Gasteiger partial charge in [-0.3, -0.25) is 24.0 Å². The number of anilines is 1. The maximum Gasteiger partial charge on any atom is 0.265 e. The summed E-state index contributed by atoms with van der Waals surface area (Å²) in [5, 5.41) is 7.22. The molecule has 0 bridgehead atoms. The summed E-state index contributed by atoms with van der Waals surface area (Å²) in [6.45, 7) is 3.29. The number of nitrogens with zero attached hydrogens (tertiary/aromatic N) is 5. The fraction of sp³-hybridized carbons (Fsp3) is 0.391. The molecule has 13 heteroatoms. The number of halogens is 1. The first-order valence-corrected chi connectivity index (χ1v) is 13.4.